The first-order valence-electron chi connectivity index (χ1n) is 7.52. The molecule has 0 saturated carbocycles. The monoisotopic (exact) mass is 325 g/mol. The zero-order valence-electron chi connectivity index (χ0n) is 14.0. The summed E-state index contributed by atoms with van der Waals surface area (Å²) in [4.78, 5) is 16.2. The number of methoxy groups -OCH3 is 1. The Labute approximate surface area is 139 Å². The van der Waals surface area contributed by atoms with Crippen LogP contribution in [0, 0.1) is 13.8 Å². The van der Waals surface area contributed by atoms with E-state index in [4.69, 9.17) is 9.94 Å². The first-order valence-corrected chi connectivity index (χ1v) is 7.52. The van der Waals surface area contributed by atoms with Crippen molar-refractivity contribution in [2.24, 2.45) is 7.05 Å². The van der Waals surface area contributed by atoms with E-state index in [1.807, 2.05) is 43.7 Å². The van der Waals surface area contributed by atoms with Gasteiger partial charge in [-0.15, -0.1) is 0 Å². The number of benzene rings is 2. The minimum absolute atomic E-state index is 0.358. The fraction of sp³-hybridized carbons (Fsp3) is 0.222. The molecule has 2 N–H and O–H groups in total. The first-order chi connectivity index (χ1) is 11.5. The van der Waals surface area contributed by atoms with Crippen molar-refractivity contribution in [3.63, 3.8) is 0 Å². The topological polar surface area (TPSA) is 76.4 Å². The summed E-state index contributed by atoms with van der Waals surface area (Å²) in [6.45, 7) is 4.00. The molecule has 24 heavy (non-hydrogen) atoms. The molecule has 2 aromatic carbocycles. The molecule has 0 aliphatic rings. The molecule has 0 radical (unpaired) electrons. The summed E-state index contributed by atoms with van der Waals surface area (Å²) in [5, 5.41) is 8.77. The maximum Gasteiger partial charge on any atom is 0.274 e. The Hall–Kier alpha value is -2.86. The predicted octanol–water partition coefficient (Wildman–Crippen LogP) is 2.98. The van der Waals surface area contributed by atoms with Crippen molar-refractivity contribution in [3.8, 4) is 17.1 Å². The van der Waals surface area contributed by atoms with E-state index in [1.54, 1.807) is 24.7 Å². The quantitative estimate of drug-likeness (QED) is 0.573. The molecule has 0 bridgehead atoms. The number of carbonyl (C=O) groups is 1. The summed E-state index contributed by atoms with van der Waals surface area (Å²) < 4.78 is 7.40. The second-order valence-corrected chi connectivity index (χ2v) is 5.78. The number of carbonyl (C=O) groups excluding carboxylic acids is 1. The third-order valence-electron chi connectivity index (χ3n) is 4.17. The van der Waals surface area contributed by atoms with Gasteiger partial charge in [0.25, 0.3) is 5.91 Å². The number of aryl methyl sites for hydroxylation is 3. The van der Waals surface area contributed by atoms with Gasteiger partial charge in [0.05, 0.1) is 18.1 Å². The van der Waals surface area contributed by atoms with E-state index >= 15 is 0 Å². The van der Waals surface area contributed by atoms with Crippen molar-refractivity contribution in [3.05, 3.63) is 47.0 Å². The number of rotatable bonds is 3. The number of nitrogens with one attached hydrogen (secondary N) is 1. The SMILES string of the molecule is COc1c(C)cc(-c2nc3cc(C(=O)NO)ccc3n2C)cc1C. The van der Waals surface area contributed by atoms with Gasteiger partial charge in [-0.1, -0.05) is 0 Å². The van der Waals surface area contributed by atoms with Crippen molar-refractivity contribution < 1.29 is 14.7 Å². The average Bonchev–Trinajstić information content (AvgIpc) is 2.90. The molecule has 0 aliphatic heterocycles. The molecule has 0 spiro atoms. The molecule has 0 saturated heterocycles. The van der Waals surface area contributed by atoms with Crippen LogP contribution in [-0.2, 0) is 7.05 Å². The van der Waals surface area contributed by atoms with E-state index in [1.165, 1.54) is 0 Å². The molecular weight excluding hydrogens is 306 g/mol. The zero-order chi connectivity index (χ0) is 17.4. The third kappa shape index (κ3) is 2.51. The van der Waals surface area contributed by atoms with Gasteiger partial charge in [-0.2, -0.15) is 0 Å². The number of aromatic nitrogens is 2. The van der Waals surface area contributed by atoms with Gasteiger partial charge in [-0.25, -0.2) is 10.5 Å². The van der Waals surface area contributed by atoms with Crippen molar-refractivity contribution in [2.45, 2.75) is 13.8 Å². The van der Waals surface area contributed by atoms with Crippen LogP contribution < -0.4 is 10.2 Å². The fourth-order valence-corrected chi connectivity index (χ4v) is 3.07. The Bertz CT molecular complexity index is 921. The normalized spacial score (nSPS) is 10.9. The van der Waals surface area contributed by atoms with E-state index in [0.717, 1.165) is 33.8 Å². The molecule has 3 aromatic rings. The number of hydrogen-bond donors (Lipinski definition) is 2. The number of nitrogens with zero attached hydrogens (tertiary/aromatic N) is 2. The van der Waals surface area contributed by atoms with E-state index in [9.17, 15) is 4.79 Å². The predicted molar refractivity (Wildman–Crippen MR) is 91.4 cm³/mol. The summed E-state index contributed by atoms with van der Waals surface area (Å²) in [6, 6.07) is 9.21. The molecule has 0 fully saturated rings. The van der Waals surface area contributed by atoms with Crippen molar-refractivity contribution >= 4 is 16.9 Å². The minimum Gasteiger partial charge on any atom is -0.496 e. The second kappa shape index (κ2) is 5.98. The summed E-state index contributed by atoms with van der Waals surface area (Å²) in [6.07, 6.45) is 0. The lowest BCUT2D eigenvalue weighted by Crippen LogP contribution is -2.18. The van der Waals surface area contributed by atoms with Crippen molar-refractivity contribution in [1.29, 1.82) is 0 Å². The lowest BCUT2D eigenvalue weighted by molar-refractivity contribution is 0.0706. The number of fused-ring (bicyclic) bond motifs is 1. The molecule has 124 valence electrons. The van der Waals surface area contributed by atoms with Crippen molar-refractivity contribution in [1.82, 2.24) is 15.0 Å². The lowest BCUT2D eigenvalue weighted by Gasteiger charge is -2.11. The van der Waals surface area contributed by atoms with Crippen LogP contribution in [0.1, 0.15) is 21.5 Å². The number of hydrogen-bond acceptors (Lipinski definition) is 4. The van der Waals surface area contributed by atoms with Gasteiger partial charge in [-0.3, -0.25) is 10.0 Å². The van der Waals surface area contributed by atoms with Crippen LogP contribution in [0.5, 0.6) is 5.75 Å². The average molecular weight is 325 g/mol. The van der Waals surface area contributed by atoms with Crippen LogP contribution in [0.25, 0.3) is 22.4 Å². The molecule has 0 unspecified atom stereocenters. The van der Waals surface area contributed by atoms with Crippen LogP contribution in [0.2, 0.25) is 0 Å². The molecule has 1 aromatic heterocycles. The first kappa shape index (κ1) is 16.0. The third-order valence-corrected chi connectivity index (χ3v) is 4.17. The van der Waals surface area contributed by atoms with E-state index in [2.05, 4.69) is 4.98 Å². The number of amides is 1. The standard InChI is InChI=1S/C18H19N3O3/c1-10-7-13(8-11(2)16(10)24-4)17-19-14-9-12(18(22)20-23)5-6-15(14)21(17)3/h5-9,23H,1-4H3,(H,20,22). The van der Waals surface area contributed by atoms with Gasteiger partial charge in [0.15, 0.2) is 0 Å². The molecule has 0 aliphatic carbocycles. The Morgan fingerprint density at radius 2 is 1.88 bits per heavy atom. The molecule has 6 nitrogen and oxygen atoms in total. The largest absolute Gasteiger partial charge is 0.496 e. The summed E-state index contributed by atoms with van der Waals surface area (Å²) in [7, 11) is 3.60. The fourth-order valence-electron chi connectivity index (χ4n) is 3.07. The van der Waals surface area contributed by atoms with E-state index in [0.29, 0.717) is 11.1 Å². The number of ether oxygens (including phenoxy) is 1. The Balaban J connectivity index is 2.17. The lowest BCUT2D eigenvalue weighted by atomic mass is 10.1. The Morgan fingerprint density at radius 3 is 2.46 bits per heavy atom. The Morgan fingerprint density at radius 1 is 1.21 bits per heavy atom. The summed E-state index contributed by atoms with van der Waals surface area (Å²) >= 11 is 0. The molecule has 6 heteroatoms. The highest BCUT2D eigenvalue weighted by atomic mass is 16.5. The molecule has 1 heterocycles. The number of imidazole rings is 1. The van der Waals surface area contributed by atoms with Gasteiger partial charge in [0, 0.05) is 18.2 Å². The molecule has 3 rings (SSSR count). The van der Waals surface area contributed by atoms with E-state index in [-0.39, 0.29) is 0 Å². The van der Waals surface area contributed by atoms with Crippen molar-refractivity contribution in [2.75, 3.05) is 7.11 Å². The maximum absolute atomic E-state index is 11.6. The van der Waals surface area contributed by atoms with Crippen LogP contribution in [-0.4, -0.2) is 27.8 Å². The highest BCUT2D eigenvalue weighted by Gasteiger charge is 2.14. The van der Waals surface area contributed by atoms with Crippen LogP contribution in [0.4, 0.5) is 0 Å². The second-order valence-electron chi connectivity index (χ2n) is 5.78. The van der Waals surface area contributed by atoms with Crippen LogP contribution in [0.15, 0.2) is 30.3 Å². The maximum atomic E-state index is 11.6. The highest BCUT2D eigenvalue weighted by Crippen LogP contribution is 2.31. The molecular formula is C18H19N3O3. The highest BCUT2D eigenvalue weighted by molar-refractivity contribution is 5.97. The summed E-state index contributed by atoms with van der Waals surface area (Å²) in [5.41, 5.74) is 6.67. The minimum atomic E-state index is -0.555. The van der Waals surface area contributed by atoms with Gasteiger partial charge in [0.1, 0.15) is 11.6 Å². The van der Waals surface area contributed by atoms with Gasteiger partial charge in [-0.05, 0) is 55.3 Å². The zero-order valence-corrected chi connectivity index (χ0v) is 14.0. The van der Waals surface area contributed by atoms with Gasteiger partial charge >= 0.3 is 0 Å². The van der Waals surface area contributed by atoms with Crippen LogP contribution >= 0.6 is 0 Å². The summed E-state index contributed by atoms with van der Waals surface area (Å²) in [5.74, 6) is 1.13. The smallest absolute Gasteiger partial charge is 0.274 e. The molecule has 1 amide bonds. The van der Waals surface area contributed by atoms with E-state index < -0.39 is 5.91 Å². The number of hydroxylamine groups is 1. The molecule has 0 atom stereocenters. The Kier molecular flexibility index (Phi) is 3.99. The van der Waals surface area contributed by atoms with Gasteiger partial charge < -0.3 is 9.30 Å². The van der Waals surface area contributed by atoms with Gasteiger partial charge in [0.2, 0.25) is 0 Å². The van der Waals surface area contributed by atoms with Crippen LogP contribution in [0.3, 0.4) is 0 Å².